The highest BCUT2D eigenvalue weighted by molar-refractivity contribution is 7.04. The molecule has 1 aliphatic rings. The molecule has 0 radical (unpaired) electrons. The van der Waals surface area contributed by atoms with Crippen molar-refractivity contribution in [1.29, 1.82) is 0 Å². The van der Waals surface area contributed by atoms with Crippen LogP contribution in [-0.4, -0.2) is 14.7 Å². The summed E-state index contributed by atoms with van der Waals surface area (Å²) in [7, 11) is -1.92. The van der Waals surface area contributed by atoms with Crippen molar-refractivity contribution in [3.63, 3.8) is 0 Å². The lowest BCUT2D eigenvalue weighted by atomic mass is 9.32. The average Bonchev–Trinajstić information content (AvgIpc) is 2.69. The Morgan fingerprint density at radius 2 is 1.63 bits per heavy atom. The topological polar surface area (TPSA) is 9.23 Å². The molecule has 2 rings (SSSR count). The smallest absolute Gasteiger partial charge is 0.200 e. The van der Waals surface area contributed by atoms with Crippen LogP contribution in [0.3, 0.4) is 0 Å². The van der Waals surface area contributed by atoms with Crippen molar-refractivity contribution in [3.05, 3.63) is 41.0 Å². The Morgan fingerprint density at radius 1 is 1.05 bits per heavy atom. The largest absolute Gasteiger partial charge is 0.625 e. The summed E-state index contributed by atoms with van der Waals surface area (Å²) in [5.74, 6) is 0. The van der Waals surface area contributed by atoms with Gasteiger partial charge in [0.05, 0.1) is 0 Å². The average molecular weight is 273 g/mol. The summed E-state index contributed by atoms with van der Waals surface area (Å²) in [5.41, 5.74) is 1.63. The quantitative estimate of drug-likeness (QED) is 0.744. The Morgan fingerprint density at radius 3 is 2.05 bits per heavy atom. The van der Waals surface area contributed by atoms with Gasteiger partial charge in [0.1, 0.15) is 6.35 Å². The van der Waals surface area contributed by atoms with Crippen LogP contribution >= 0.6 is 0 Å². The lowest BCUT2D eigenvalue weighted by molar-refractivity contribution is 0.563. The van der Waals surface area contributed by atoms with Crippen LogP contribution in [0.4, 0.5) is 0 Å². The number of hydrogen-bond donors (Lipinski definition) is 0. The van der Waals surface area contributed by atoms with Crippen molar-refractivity contribution in [3.8, 4) is 0 Å². The monoisotopic (exact) mass is 273 g/mol. The lowest BCUT2D eigenvalue weighted by Crippen LogP contribution is -2.52. The maximum atomic E-state index is 6.86. The standard InChI is InChI=1S/C16H26BOSi/c1-6-16-14(4)19(5,15-12-10-9-11-13-15)18-17(16,7-2)8-3/h9-13H,6-8H2,1-5H3/q-1. The molecule has 0 fully saturated rings. The van der Waals surface area contributed by atoms with Crippen LogP contribution in [0, 0.1) is 0 Å². The Kier molecular flexibility index (Phi) is 4.07. The molecule has 19 heavy (non-hydrogen) atoms. The highest BCUT2D eigenvalue weighted by Gasteiger charge is 2.45. The molecule has 0 N–H and O–H groups in total. The third-order valence-electron chi connectivity index (χ3n) is 5.32. The summed E-state index contributed by atoms with van der Waals surface area (Å²) in [6.45, 7) is 11.6. The van der Waals surface area contributed by atoms with E-state index in [0.717, 1.165) is 19.1 Å². The van der Waals surface area contributed by atoms with E-state index in [1.54, 1.807) is 10.7 Å². The first-order valence-electron chi connectivity index (χ1n) is 7.68. The fraction of sp³-hybridized carbons (Fsp3) is 0.500. The zero-order valence-electron chi connectivity index (χ0n) is 13.0. The minimum Gasteiger partial charge on any atom is -0.625 e. The van der Waals surface area contributed by atoms with Crippen LogP contribution in [-0.2, 0) is 4.34 Å². The van der Waals surface area contributed by atoms with Crippen molar-refractivity contribution in [2.24, 2.45) is 0 Å². The van der Waals surface area contributed by atoms with Crippen molar-refractivity contribution in [2.75, 3.05) is 0 Å². The molecule has 104 valence electrons. The van der Waals surface area contributed by atoms with Crippen molar-refractivity contribution >= 4 is 19.9 Å². The maximum Gasteiger partial charge on any atom is 0.200 e. The van der Waals surface area contributed by atoms with Crippen LogP contribution in [0.25, 0.3) is 0 Å². The molecule has 3 heteroatoms. The summed E-state index contributed by atoms with van der Waals surface area (Å²) in [5, 5.41) is 2.99. The van der Waals surface area contributed by atoms with Gasteiger partial charge < -0.3 is 4.34 Å². The van der Waals surface area contributed by atoms with Crippen LogP contribution in [0.15, 0.2) is 41.0 Å². The van der Waals surface area contributed by atoms with Gasteiger partial charge in [0.2, 0.25) is 8.32 Å². The van der Waals surface area contributed by atoms with E-state index in [9.17, 15) is 0 Å². The zero-order valence-corrected chi connectivity index (χ0v) is 14.0. The number of hydrogen-bond acceptors (Lipinski definition) is 1. The molecule has 1 aromatic carbocycles. The van der Waals surface area contributed by atoms with Gasteiger partial charge in [-0.2, -0.15) is 12.6 Å². The Hall–Kier alpha value is -0.798. The van der Waals surface area contributed by atoms with Gasteiger partial charge in [0, 0.05) is 0 Å². The van der Waals surface area contributed by atoms with Gasteiger partial charge in [0.15, 0.2) is 0 Å². The van der Waals surface area contributed by atoms with Gasteiger partial charge in [-0.3, -0.25) is 0 Å². The van der Waals surface area contributed by atoms with Gasteiger partial charge in [-0.25, -0.2) is 5.47 Å². The summed E-state index contributed by atoms with van der Waals surface area (Å²) in [4.78, 5) is 0. The Balaban J connectivity index is 2.54. The molecule has 0 aromatic heterocycles. The summed E-state index contributed by atoms with van der Waals surface area (Å²) < 4.78 is 6.86. The molecular formula is C16H26BOSi-. The fourth-order valence-corrected chi connectivity index (χ4v) is 7.94. The van der Waals surface area contributed by atoms with Crippen LogP contribution in [0.2, 0.25) is 19.2 Å². The van der Waals surface area contributed by atoms with Gasteiger partial charge in [0.25, 0.3) is 0 Å². The van der Waals surface area contributed by atoms with Gasteiger partial charge in [-0.05, 0) is 18.7 Å². The second-order valence-corrected chi connectivity index (χ2v) is 9.62. The molecule has 1 atom stereocenters. The zero-order chi connectivity index (χ0) is 14.1. The third kappa shape index (κ3) is 2.13. The summed E-state index contributed by atoms with van der Waals surface area (Å²) >= 11 is 0. The molecule has 1 unspecified atom stereocenters. The summed E-state index contributed by atoms with van der Waals surface area (Å²) in [6.07, 6.45) is 2.69. The Labute approximate surface area is 119 Å². The lowest BCUT2D eigenvalue weighted by Gasteiger charge is -2.42. The molecule has 1 nitrogen and oxygen atoms in total. The highest BCUT2D eigenvalue weighted by Crippen LogP contribution is 2.42. The molecule has 0 saturated carbocycles. The van der Waals surface area contributed by atoms with E-state index in [0.29, 0.717) is 0 Å². The third-order valence-corrected chi connectivity index (χ3v) is 9.43. The predicted octanol–water partition coefficient (Wildman–Crippen LogP) is 4.29. The molecular weight excluding hydrogens is 247 g/mol. The molecule has 1 aromatic rings. The normalized spacial score (nSPS) is 25.9. The number of benzene rings is 1. The van der Waals surface area contributed by atoms with E-state index in [4.69, 9.17) is 4.34 Å². The van der Waals surface area contributed by atoms with Crippen molar-refractivity contribution in [2.45, 2.75) is 53.3 Å². The second-order valence-electron chi connectivity index (χ2n) is 5.99. The van der Waals surface area contributed by atoms with Gasteiger partial charge in [-0.15, -0.1) is 0 Å². The number of rotatable bonds is 4. The molecule has 0 saturated heterocycles. The first-order valence-corrected chi connectivity index (χ1v) is 10.1. The minimum absolute atomic E-state index is 0.745. The van der Waals surface area contributed by atoms with Crippen LogP contribution in [0.1, 0.15) is 34.1 Å². The van der Waals surface area contributed by atoms with E-state index < -0.39 is 14.7 Å². The molecule has 0 aliphatic carbocycles. The van der Waals surface area contributed by atoms with Crippen LogP contribution in [0.5, 0.6) is 0 Å². The van der Waals surface area contributed by atoms with Gasteiger partial charge in [-0.1, -0.05) is 62.7 Å². The molecule has 0 spiro atoms. The van der Waals surface area contributed by atoms with Crippen molar-refractivity contribution < 1.29 is 4.34 Å². The van der Waals surface area contributed by atoms with E-state index in [1.807, 2.05) is 0 Å². The predicted molar refractivity (Wildman–Crippen MR) is 88.5 cm³/mol. The fourth-order valence-electron chi connectivity index (χ4n) is 3.94. The van der Waals surface area contributed by atoms with Gasteiger partial charge >= 0.3 is 0 Å². The molecule has 1 heterocycles. The highest BCUT2D eigenvalue weighted by atomic mass is 28.4. The molecule has 0 amide bonds. The maximum absolute atomic E-state index is 6.86. The second kappa shape index (κ2) is 5.30. The van der Waals surface area contributed by atoms with E-state index in [-0.39, 0.29) is 0 Å². The molecule has 1 aliphatic heterocycles. The molecule has 0 bridgehead atoms. The first kappa shape index (κ1) is 14.6. The SMILES string of the molecule is CCC1=C(C)[Si](C)(c2ccccc2)O[B-]1(CC)CC. The summed E-state index contributed by atoms with van der Waals surface area (Å²) in [6, 6.07) is 10.9. The van der Waals surface area contributed by atoms with E-state index >= 15 is 0 Å². The number of allylic oxidation sites excluding steroid dienone is 2. The minimum atomic E-state index is -1.92. The Bertz CT molecular complexity index is 479. The first-order chi connectivity index (χ1) is 9.04. The van der Waals surface area contributed by atoms with E-state index in [2.05, 4.69) is 64.6 Å². The van der Waals surface area contributed by atoms with Crippen LogP contribution < -0.4 is 5.19 Å². The van der Waals surface area contributed by atoms with E-state index in [1.165, 1.54) is 5.19 Å². The van der Waals surface area contributed by atoms with Crippen molar-refractivity contribution in [1.82, 2.24) is 0 Å².